The standard InChI is InChI=1S/C14H21N3O2S/c1-2-19-14(18)10-20-13-9-15-8-12(17-13)16-11-6-4-3-5-7-11/h8-9,11H,2-7,10H2,1H3,(H,16,17). The molecule has 1 N–H and O–H groups in total. The van der Waals surface area contributed by atoms with Crippen LogP contribution >= 0.6 is 11.8 Å². The molecule has 1 aromatic heterocycles. The fourth-order valence-electron chi connectivity index (χ4n) is 2.28. The average molecular weight is 295 g/mol. The van der Waals surface area contributed by atoms with Gasteiger partial charge < -0.3 is 10.1 Å². The fourth-order valence-corrected chi connectivity index (χ4v) is 2.93. The highest BCUT2D eigenvalue weighted by molar-refractivity contribution is 7.99. The number of rotatable bonds is 6. The van der Waals surface area contributed by atoms with Gasteiger partial charge in [0, 0.05) is 6.04 Å². The van der Waals surface area contributed by atoms with Crippen LogP contribution in [0.25, 0.3) is 0 Å². The lowest BCUT2D eigenvalue weighted by molar-refractivity contribution is -0.139. The molecule has 0 radical (unpaired) electrons. The first kappa shape index (κ1) is 15.1. The minimum Gasteiger partial charge on any atom is -0.465 e. The summed E-state index contributed by atoms with van der Waals surface area (Å²) in [5.41, 5.74) is 0. The average Bonchev–Trinajstić information content (AvgIpc) is 2.47. The van der Waals surface area contributed by atoms with E-state index in [0.29, 0.717) is 12.6 Å². The van der Waals surface area contributed by atoms with Crippen LogP contribution in [-0.4, -0.2) is 34.3 Å². The van der Waals surface area contributed by atoms with E-state index in [-0.39, 0.29) is 11.7 Å². The second-order valence-corrected chi connectivity index (χ2v) is 5.81. The smallest absolute Gasteiger partial charge is 0.316 e. The molecule has 2 rings (SSSR count). The first-order chi connectivity index (χ1) is 9.78. The molecule has 1 saturated carbocycles. The third-order valence-corrected chi connectivity index (χ3v) is 4.09. The van der Waals surface area contributed by atoms with Gasteiger partial charge in [0.1, 0.15) is 10.8 Å². The molecule has 1 aliphatic rings. The Morgan fingerprint density at radius 3 is 2.95 bits per heavy atom. The van der Waals surface area contributed by atoms with Gasteiger partial charge in [-0.15, -0.1) is 0 Å². The molecule has 0 aromatic carbocycles. The summed E-state index contributed by atoms with van der Waals surface area (Å²) in [6.45, 7) is 2.21. The Morgan fingerprint density at radius 2 is 2.20 bits per heavy atom. The number of carbonyl (C=O) groups excluding carboxylic acids is 1. The zero-order chi connectivity index (χ0) is 14.2. The van der Waals surface area contributed by atoms with E-state index in [1.807, 2.05) is 0 Å². The molecule has 0 spiro atoms. The lowest BCUT2D eigenvalue weighted by Crippen LogP contribution is -2.22. The van der Waals surface area contributed by atoms with Gasteiger partial charge in [0.2, 0.25) is 0 Å². The van der Waals surface area contributed by atoms with Crippen molar-refractivity contribution in [3.8, 4) is 0 Å². The number of nitrogens with one attached hydrogen (secondary N) is 1. The second-order valence-electron chi connectivity index (χ2n) is 4.82. The van der Waals surface area contributed by atoms with Crippen LogP contribution in [0.4, 0.5) is 5.82 Å². The maximum Gasteiger partial charge on any atom is 0.316 e. The van der Waals surface area contributed by atoms with Crippen molar-refractivity contribution in [1.29, 1.82) is 0 Å². The van der Waals surface area contributed by atoms with Gasteiger partial charge in [-0.1, -0.05) is 31.0 Å². The Bertz CT molecular complexity index is 436. The Kier molecular flexibility index (Phi) is 6.11. The van der Waals surface area contributed by atoms with Gasteiger partial charge in [-0.05, 0) is 19.8 Å². The molecule has 20 heavy (non-hydrogen) atoms. The molecule has 1 heterocycles. The number of anilines is 1. The number of nitrogens with zero attached hydrogens (tertiary/aromatic N) is 2. The summed E-state index contributed by atoms with van der Waals surface area (Å²) in [4.78, 5) is 20.0. The van der Waals surface area contributed by atoms with Gasteiger partial charge >= 0.3 is 5.97 Å². The summed E-state index contributed by atoms with van der Waals surface area (Å²) in [5, 5.41) is 4.18. The number of thioether (sulfide) groups is 1. The lowest BCUT2D eigenvalue weighted by atomic mass is 9.96. The van der Waals surface area contributed by atoms with E-state index in [1.54, 1.807) is 19.3 Å². The number of ether oxygens (including phenoxy) is 1. The third kappa shape index (κ3) is 5.00. The quantitative estimate of drug-likeness (QED) is 0.643. The molecular formula is C14H21N3O2S. The Hall–Kier alpha value is -1.30. The van der Waals surface area contributed by atoms with E-state index in [1.165, 1.54) is 43.9 Å². The summed E-state index contributed by atoms with van der Waals surface area (Å²) in [6.07, 6.45) is 9.70. The summed E-state index contributed by atoms with van der Waals surface area (Å²) in [7, 11) is 0. The van der Waals surface area contributed by atoms with Crippen molar-refractivity contribution < 1.29 is 9.53 Å². The Morgan fingerprint density at radius 1 is 1.40 bits per heavy atom. The Balaban J connectivity index is 1.85. The molecule has 1 fully saturated rings. The molecule has 0 atom stereocenters. The molecule has 6 heteroatoms. The molecule has 110 valence electrons. The minimum absolute atomic E-state index is 0.218. The number of aromatic nitrogens is 2. The van der Waals surface area contributed by atoms with Crippen molar-refractivity contribution in [2.75, 3.05) is 17.7 Å². The maximum atomic E-state index is 11.3. The van der Waals surface area contributed by atoms with E-state index in [0.717, 1.165) is 10.8 Å². The number of hydrogen-bond acceptors (Lipinski definition) is 6. The van der Waals surface area contributed by atoms with Crippen LogP contribution in [0.5, 0.6) is 0 Å². The first-order valence-electron chi connectivity index (χ1n) is 7.15. The van der Waals surface area contributed by atoms with Crippen LogP contribution in [0.3, 0.4) is 0 Å². The Labute approximate surface area is 123 Å². The highest BCUT2D eigenvalue weighted by Gasteiger charge is 2.14. The summed E-state index contributed by atoms with van der Waals surface area (Å²) >= 11 is 1.36. The molecule has 0 saturated heterocycles. The van der Waals surface area contributed by atoms with Crippen molar-refractivity contribution in [1.82, 2.24) is 9.97 Å². The third-order valence-electron chi connectivity index (χ3n) is 3.21. The predicted octanol–water partition coefficient (Wildman–Crippen LogP) is 2.88. The zero-order valence-electron chi connectivity index (χ0n) is 11.8. The summed E-state index contributed by atoms with van der Waals surface area (Å²) in [5.74, 6) is 0.853. The zero-order valence-corrected chi connectivity index (χ0v) is 12.6. The predicted molar refractivity (Wildman–Crippen MR) is 79.9 cm³/mol. The van der Waals surface area contributed by atoms with E-state index in [4.69, 9.17) is 4.74 Å². The van der Waals surface area contributed by atoms with E-state index in [9.17, 15) is 4.79 Å². The topological polar surface area (TPSA) is 64.1 Å². The number of esters is 1. The van der Waals surface area contributed by atoms with Crippen molar-refractivity contribution in [2.24, 2.45) is 0 Å². The van der Waals surface area contributed by atoms with Crippen LogP contribution in [0.2, 0.25) is 0 Å². The highest BCUT2D eigenvalue weighted by Crippen LogP contribution is 2.22. The van der Waals surface area contributed by atoms with Gasteiger partial charge in [0.25, 0.3) is 0 Å². The minimum atomic E-state index is -0.218. The molecule has 0 aliphatic heterocycles. The number of hydrogen-bond donors (Lipinski definition) is 1. The van der Waals surface area contributed by atoms with Crippen molar-refractivity contribution >= 4 is 23.5 Å². The van der Waals surface area contributed by atoms with Crippen LogP contribution in [-0.2, 0) is 9.53 Å². The maximum absolute atomic E-state index is 11.3. The molecule has 5 nitrogen and oxygen atoms in total. The molecule has 0 bridgehead atoms. The van der Waals surface area contributed by atoms with Crippen LogP contribution < -0.4 is 5.32 Å². The van der Waals surface area contributed by atoms with Gasteiger partial charge in [0.15, 0.2) is 0 Å². The van der Waals surface area contributed by atoms with Gasteiger partial charge in [0.05, 0.1) is 24.8 Å². The molecule has 0 unspecified atom stereocenters. The van der Waals surface area contributed by atoms with Gasteiger partial charge in [-0.3, -0.25) is 9.78 Å². The van der Waals surface area contributed by atoms with E-state index >= 15 is 0 Å². The van der Waals surface area contributed by atoms with Crippen molar-refractivity contribution in [3.05, 3.63) is 12.4 Å². The molecular weight excluding hydrogens is 274 g/mol. The van der Waals surface area contributed by atoms with E-state index < -0.39 is 0 Å². The van der Waals surface area contributed by atoms with Crippen LogP contribution in [0, 0.1) is 0 Å². The molecule has 1 aliphatic carbocycles. The number of carbonyl (C=O) groups is 1. The largest absolute Gasteiger partial charge is 0.465 e. The SMILES string of the molecule is CCOC(=O)CSc1cncc(NC2CCCCC2)n1. The monoisotopic (exact) mass is 295 g/mol. The molecule has 0 amide bonds. The van der Waals surface area contributed by atoms with Gasteiger partial charge in [-0.25, -0.2) is 4.98 Å². The lowest BCUT2D eigenvalue weighted by Gasteiger charge is -2.23. The highest BCUT2D eigenvalue weighted by atomic mass is 32.2. The first-order valence-corrected chi connectivity index (χ1v) is 8.13. The molecule has 1 aromatic rings. The van der Waals surface area contributed by atoms with Crippen molar-refractivity contribution in [2.45, 2.75) is 50.1 Å². The fraction of sp³-hybridized carbons (Fsp3) is 0.643. The van der Waals surface area contributed by atoms with E-state index in [2.05, 4.69) is 15.3 Å². The summed E-state index contributed by atoms with van der Waals surface area (Å²) < 4.78 is 4.89. The van der Waals surface area contributed by atoms with Crippen LogP contribution in [0.1, 0.15) is 39.0 Å². The summed E-state index contributed by atoms with van der Waals surface area (Å²) in [6, 6.07) is 0.503. The normalized spacial score (nSPS) is 15.8. The van der Waals surface area contributed by atoms with Crippen molar-refractivity contribution in [3.63, 3.8) is 0 Å². The second kappa shape index (κ2) is 8.09. The van der Waals surface area contributed by atoms with Gasteiger partial charge in [-0.2, -0.15) is 0 Å². The van der Waals surface area contributed by atoms with Crippen LogP contribution in [0.15, 0.2) is 17.4 Å².